The minimum absolute atomic E-state index is 0.0146. The molecule has 1 aromatic rings. The molecule has 4 nitrogen and oxygen atoms in total. The van der Waals surface area contributed by atoms with Crippen LogP contribution in [0.2, 0.25) is 0 Å². The van der Waals surface area contributed by atoms with Crippen LogP contribution in [0.4, 0.5) is 0 Å². The van der Waals surface area contributed by atoms with Crippen molar-refractivity contribution < 1.29 is 9.53 Å². The van der Waals surface area contributed by atoms with Gasteiger partial charge in [0.15, 0.2) is 6.61 Å². The molecule has 6 heteroatoms. The zero-order valence-corrected chi connectivity index (χ0v) is 15.8. The second-order valence-corrected chi connectivity index (χ2v) is 6.95. The smallest absolute Gasteiger partial charge is 0.257 e. The molecule has 1 rings (SSSR count). The Bertz CT molecular complexity index is 456. The van der Waals surface area contributed by atoms with Crippen molar-refractivity contribution in [2.45, 2.75) is 26.8 Å². The Labute approximate surface area is 143 Å². The quantitative estimate of drug-likeness (QED) is 0.675. The van der Waals surface area contributed by atoms with Crippen LogP contribution in [0.3, 0.4) is 0 Å². The maximum atomic E-state index is 11.7. The van der Waals surface area contributed by atoms with Gasteiger partial charge in [0.1, 0.15) is 5.75 Å². The van der Waals surface area contributed by atoms with Crippen LogP contribution in [0.5, 0.6) is 5.75 Å². The van der Waals surface area contributed by atoms with Gasteiger partial charge in [-0.05, 0) is 68.9 Å². The minimum Gasteiger partial charge on any atom is -0.481 e. The molecular formula is C15H22Br2N2O2. The fourth-order valence-corrected chi connectivity index (χ4v) is 3.26. The fourth-order valence-electron chi connectivity index (χ4n) is 1.75. The summed E-state index contributed by atoms with van der Waals surface area (Å²) in [5.74, 6) is 1.12. The van der Waals surface area contributed by atoms with E-state index in [4.69, 9.17) is 4.74 Å². The van der Waals surface area contributed by atoms with E-state index in [-0.39, 0.29) is 12.5 Å². The number of hydrogen-bond donors (Lipinski definition) is 2. The third-order valence-electron chi connectivity index (χ3n) is 2.83. The maximum Gasteiger partial charge on any atom is 0.257 e. The number of carbonyl (C=O) groups is 1. The first-order valence-electron chi connectivity index (χ1n) is 6.96. The summed E-state index contributed by atoms with van der Waals surface area (Å²) in [5, 5.41) is 5.94. The molecule has 0 aliphatic carbocycles. The van der Waals surface area contributed by atoms with Crippen LogP contribution in [0.15, 0.2) is 21.1 Å². The maximum absolute atomic E-state index is 11.7. The monoisotopic (exact) mass is 420 g/mol. The fraction of sp³-hybridized carbons (Fsp3) is 0.533. The zero-order valence-electron chi connectivity index (χ0n) is 12.6. The number of ether oxygens (including phenoxy) is 1. The third-order valence-corrected chi connectivity index (χ3v) is 4.01. The summed E-state index contributed by atoms with van der Waals surface area (Å²) in [5.41, 5.74) is 1.13. The molecule has 2 N–H and O–H groups in total. The van der Waals surface area contributed by atoms with E-state index in [1.54, 1.807) is 0 Å². The van der Waals surface area contributed by atoms with Crippen LogP contribution >= 0.6 is 31.9 Å². The van der Waals surface area contributed by atoms with E-state index >= 15 is 0 Å². The first-order chi connectivity index (χ1) is 9.93. The molecule has 118 valence electrons. The Balaban J connectivity index is 2.53. The molecule has 0 unspecified atom stereocenters. The zero-order chi connectivity index (χ0) is 15.8. The number of halogens is 2. The summed E-state index contributed by atoms with van der Waals surface area (Å²) in [6.07, 6.45) is 0.970. The Morgan fingerprint density at radius 3 is 2.43 bits per heavy atom. The molecule has 0 atom stereocenters. The van der Waals surface area contributed by atoms with Crippen LogP contribution in [-0.4, -0.2) is 26.1 Å². The van der Waals surface area contributed by atoms with Gasteiger partial charge in [-0.3, -0.25) is 4.79 Å². The van der Waals surface area contributed by atoms with Crippen molar-refractivity contribution in [3.63, 3.8) is 0 Å². The largest absolute Gasteiger partial charge is 0.481 e. The van der Waals surface area contributed by atoms with Crippen molar-refractivity contribution in [3.05, 3.63) is 26.6 Å². The molecule has 0 spiro atoms. The van der Waals surface area contributed by atoms with Crippen molar-refractivity contribution in [3.8, 4) is 5.75 Å². The van der Waals surface area contributed by atoms with Crippen LogP contribution in [0.1, 0.15) is 25.8 Å². The molecule has 0 aliphatic heterocycles. The highest BCUT2D eigenvalue weighted by Crippen LogP contribution is 2.34. The van der Waals surface area contributed by atoms with Crippen molar-refractivity contribution in [1.82, 2.24) is 10.6 Å². The lowest BCUT2D eigenvalue weighted by atomic mass is 10.1. The number of rotatable bonds is 8. The van der Waals surface area contributed by atoms with Gasteiger partial charge in [-0.2, -0.15) is 0 Å². The first-order valence-corrected chi connectivity index (χ1v) is 8.54. The molecule has 0 saturated heterocycles. The molecule has 0 saturated carbocycles. The van der Waals surface area contributed by atoms with Crippen LogP contribution < -0.4 is 15.4 Å². The average Bonchev–Trinajstić information content (AvgIpc) is 2.37. The topological polar surface area (TPSA) is 50.4 Å². The van der Waals surface area contributed by atoms with E-state index in [0.29, 0.717) is 18.2 Å². The van der Waals surface area contributed by atoms with E-state index < -0.39 is 0 Å². The van der Waals surface area contributed by atoms with Gasteiger partial charge >= 0.3 is 0 Å². The first kappa shape index (κ1) is 18.5. The minimum atomic E-state index is -0.103. The molecule has 0 heterocycles. The number of amides is 1. The number of nitrogens with one attached hydrogen (secondary N) is 2. The molecule has 0 bridgehead atoms. The second kappa shape index (κ2) is 9.43. The van der Waals surface area contributed by atoms with Gasteiger partial charge in [-0.1, -0.05) is 13.8 Å². The van der Waals surface area contributed by atoms with E-state index in [0.717, 1.165) is 27.5 Å². The van der Waals surface area contributed by atoms with Crippen LogP contribution in [0.25, 0.3) is 0 Å². The van der Waals surface area contributed by atoms with E-state index in [1.807, 2.05) is 19.2 Å². The van der Waals surface area contributed by atoms with E-state index in [9.17, 15) is 4.79 Å². The predicted octanol–water partition coefficient (Wildman–Crippen LogP) is 3.47. The molecule has 1 aromatic carbocycles. The normalized spacial score (nSPS) is 10.8. The summed E-state index contributed by atoms with van der Waals surface area (Å²) in [7, 11) is 1.90. The average molecular weight is 422 g/mol. The van der Waals surface area contributed by atoms with Crippen LogP contribution in [0, 0.1) is 5.92 Å². The molecular weight excluding hydrogens is 400 g/mol. The van der Waals surface area contributed by atoms with Gasteiger partial charge in [0.05, 0.1) is 8.95 Å². The molecule has 0 aliphatic rings. The van der Waals surface area contributed by atoms with Crippen molar-refractivity contribution in [2.24, 2.45) is 5.92 Å². The number of hydrogen-bond acceptors (Lipinski definition) is 3. The predicted molar refractivity (Wildman–Crippen MR) is 92.6 cm³/mol. The Hall–Kier alpha value is -0.590. The van der Waals surface area contributed by atoms with Crippen LogP contribution in [-0.2, 0) is 11.3 Å². The summed E-state index contributed by atoms with van der Waals surface area (Å²) >= 11 is 6.95. The highest BCUT2D eigenvalue weighted by molar-refractivity contribution is 9.11. The molecule has 21 heavy (non-hydrogen) atoms. The number of carbonyl (C=O) groups excluding carboxylic acids is 1. The van der Waals surface area contributed by atoms with Crippen molar-refractivity contribution in [2.75, 3.05) is 20.2 Å². The lowest BCUT2D eigenvalue weighted by Crippen LogP contribution is -2.30. The highest BCUT2D eigenvalue weighted by atomic mass is 79.9. The van der Waals surface area contributed by atoms with Gasteiger partial charge in [0.2, 0.25) is 0 Å². The molecule has 0 radical (unpaired) electrons. The Kier molecular flexibility index (Phi) is 8.29. The van der Waals surface area contributed by atoms with Crippen molar-refractivity contribution in [1.29, 1.82) is 0 Å². The Morgan fingerprint density at radius 1 is 1.29 bits per heavy atom. The Morgan fingerprint density at radius 2 is 1.90 bits per heavy atom. The van der Waals surface area contributed by atoms with E-state index in [2.05, 4.69) is 56.3 Å². The van der Waals surface area contributed by atoms with E-state index in [1.165, 1.54) is 0 Å². The summed E-state index contributed by atoms with van der Waals surface area (Å²) < 4.78 is 7.26. The summed E-state index contributed by atoms with van der Waals surface area (Å²) in [4.78, 5) is 11.7. The van der Waals surface area contributed by atoms with Gasteiger partial charge in [0.25, 0.3) is 5.91 Å². The van der Waals surface area contributed by atoms with Gasteiger partial charge in [-0.15, -0.1) is 0 Å². The molecule has 0 fully saturated rings. The number of benzene rings is 1. The summed E-state index contributed by atoms with van der Waals surface area (Å²) in [6, 6.07) is 3.96. The molecule has 1 amide bonds. The van der Waals surface area contributed by atoms with Gasteiger partial charge in [0, 0.05) is 13.1 Å². The summed E-state index contributed by atoms with van der Waals surface area (Å²) in [6.45, 7) is 5.73. The molecule has 0 aromatic heterocycles. The lowest BCUT2D eigenvalue weighted by molar-refractivity contribution is -0.123. The lowest BCUT2D eigenvalue weighted by Gasteiger charge is -2.12. The van der Waals surface area contributed by atoms with Gasteiger partial charge < -0.3 is 15.4 Å². The van der Waals surface area contributed by atoms with Gasteiger partial charge in [-0.25, -0.2) is 0 Å². The SMILES string of the molecule is CNCc1cc(Br)c(OCC(=O)NCCC(C)C)c(Br)c1. The second-order valence-electron chi connectivity index (χ2n) is 5.24. The standard InChI is InChI=1S/C15H22Br2N2O2/c1-10(2)4-5-19-14(20)9-21-15-12(16)6-11(8-18-3)7-13(15)17/h6-7,10,18H,4-5,8-9H2,1-3H3,(H,19,20). The highest BCUT2D eigenvalue weighted by Gasteiger charge is 2.11. The third kappa shape index (κ3) is 6.80. The van der Waals surface area contributed by atoms with Crippen molar-refractivity contribution >= 4 is 37.8 Å².